The van der Waals surface area contributed by atoms with E-state index >= 15 is 0 Å². The molecule has 0 radical (unpaired) electrons. The third kappa shape index (κ3) is 3.71. The van der Waals surface area contributed by atoms with Crippen LogP contribution in [0.5, 0.6) is 0 Å². The molecule has 0 heterocycles. The molecule has 1 aliphatic carbocycles. The van der Waals surface area contributed by atoms with Gasteiger partial charge in [0, 0.05) is 6.42 Å². The molecule has 0 aromatic rings. The van der Waals surface area contributed by atoms with Crippen LogP contribution < -0.4 is 0 Å². The molecule has 92 valence electrons. The van der Waals surface area contributed by atoms with Crippen molar-refractivity contribution in [1.82, 2.24) is 0 Å². The van der Waals surface area contributed by atoms with E-state index in [2.05, 4.69) is 37.7 Å². The van der Waals surface area contributed by atoms with E-state index in [4.69, 9.17) is 0 Å². The van der Waals surface area contributed by atoms with Gasteiger partial charge in [-0.15, -0.1) is 12.1 Å². The van der Waals surface area contributed by atoms with Gasteiger partial charge >= 0.3 is 0 Å². The van der Waals surface area contributed by atoms with E-state index in [-0.39, 0.29) is 11.2 Å². The quantitative estimate of drug-likeness (QED) is 0.412. The number of allylic oxidation sites excluding steroid dienone is 3. The summed E-state index contributed by atoms with van der Waals surface area (Å²) >= 11 is 0. The van der Waals surface area contributed by atoms with Crippen molar-refractivity contribution in [3.63, 3.8) is 0 Å². The van der Waals surface area contributed by atoms with E-state index in [1.165, 1.54) is 0 Å². The molecule has 17 heavy (non-hydrogen) atoms. The van der Waals surface area contributed by atoms with Gasteiger partial charge < -0.3 is 0 Å². The first-order chi connectivity index (χ1) is 7.79. The van der Waals surface area contributed by atoms with Crippen LogP contribution in [0.25, 0.3) is 0 Å². The number of hydrogen-bond acceptors (Lipinski definition) is 1. The van der Waals surface area contributed by atoms with Gasteiger partial charge in [0.25, 0.3) is 0 Å². The minimum atomic E-state index is -1.37. The summed E-state index contributed by atoms with van der Waals surface area (Å²) in [7, 11) is -1.37. The second-order valence-electron chi connectivity index (χ2n) is 5.87. The van der Waals surface area contributed by atoms with Gasteiger partial charge in [-0.3, -0.25) is 4.79 Å². The summed E-state index contributed by atoms with van der Waals surface area (Å²) in [4.78, 5) is 11.4. The Kier molecular flexibility index (Phi) is 4.16. The number of ketones is 1. The lowest BCUT2D eigenvalue weighted by molar-refractivity contribution is -0.115. The third-order valence-corrected chi connectivity index (χ3v) is 3.98. The van der Waals surface area contributed by atoms with E-state index in [9.17, 15) is 4.79 Å². The third-order valence-electron chi connectivity index (χ3n) is 3.10. The molecule has 0 saturated heterocycles. The molecular formula is C15H22OSi. The molecule has 0 unspecified atom stereocenters. The molecule has 0 bridgehead atoms. The fourth-order valence-electron chi connectivity index (χ4n) is 2.01. The van der Waals surface area contributed by atoms with Gasteiger partial charge in [0.15, 0.2) is 5.78 Å². The Balaban J connectivity index is 3.14. The Morgan fingerprint density at radius 1 is 1.53 bits per heavy atom. The molecule has 0 saturated carbocycles. The molecule has 0 aromatic carbocycles. The standard InChI is InChI=1S/C15H22OSi/c1-6-8-15(10-11-17(3,4)5)9-7-14(16)12-13(15)2/h6,12H,1,7-9H2,2-5H3/t15-/m0/s1. The van der Waals surface area contributed by atoms with Crippen molar-refractivity contribution in [3.8, 4) is 11.5 Å². The lowest BCUT2D eigenvalue weighted by Crippen LogP contribution is -2.27. The van der Waals surface area contributed by atoms with Gasteiger partial charge in [-0.1, -0.05) is 37.2 Å². The highest BCUT2D eigenvalue weighted by Gasteiger charge is 2.33. The molecule has 0 aromatic heterocycles. The van der Waals surface area contributed by atoms with Crippen LogP contribution >= 0.6 is 0 Å². The summed E-state index contributed by atoms with van der Waals surface area (Å²) in [5.41, 5.74) is 4.43. The minimum Gasteiger partial charge on any atom is -0.295 e. The maximum absolute atomic E-state index is 11.4. The van der Waals surface area contributed by atoms with Gasteiger partial charge in [-0.2, -0.15) is 0 Å². The molecule has 0 aliphatic heterocycles. The first-order valence-corrected chi connectivity index (χ1v) is 9.66. The maximum atomic E-state index is 11.4. The first-order valence-electron chi connectivity index (χ1n) is 6.16. The topological polar surface area (TPSA) is 17.1 Å². The molecular weight excluding hydrogens is 224 g/mol. The predicted octanol–water partition coefficient (Wildman–Crippen LogP) is 3.74. The highest BCUT2D eigenvalue weighted by molar-refractivity contribution is 6.83. The number of carbonyl (C=O) groups is 1. The number of hydrogen-bond donors (Lipinski definition) is 0. The van der Waals surface area contributed by atoms with Crippen molar-refractivity contribution in [3.05, 3.63) is 24.3 Å². The smallest absolute Gasteiger partial charge is 0.155 e. The summed E-state index contributed by atoms with van der Waals surface area (Å²) < 4.78 is 0. The predicted molar refractivity (Wildman–Crippen MR) is 76.4 cm³/mol. The lowest BCUT2D eigenvalue weighted by atomic mass is 9.71. The molecule has 0 N–H and O–H groups in total. The van der Waals surface area contributed by atoms with E-state index in [0.717, 1.165) is 18.4 Å². The van der Waals surface area contributed by atoms with E-state index in [1.807, 2.05) is 13.0 Å². The van der Waals surface area contributed by atoms with Gasteiger partial charge in [-0.05, 0) is 25.8 Å². The molecule has 1 nitrogen and oxygen atoms in total. The second-order valence-corrected chi connectivity index (χ2v) is 10.6. The summed E-state index contributed by atoms with van der Waals surface area (Å²) in [6, 6.07) is 0. The molecule has 1 atom stereocenters. The average Bonchev–Trinajstić information content (AvgIpc) is 2.20. The van der Waals surface area contributed by atoms with Crippen molar-refractivity contribution < 1.29 is 4.79 Å². The molecule has 1 aliphatic rings. The van der Waals surface area contributed by atoms with Crippen molar-refractivity contribution in [2.45, 2.75) is 45.8 Å². The Bertz CT molecular complexity index is 414. The van der Waals surface area contributed by atoms with Crippen molar-refractivity contribution in [1.29, 1.82) is 0 Å². The van der Waals surface area contributed by atoms with E-state index in [0.29, 0.717) is 6.42 Å². The van der Waals surface area contributed by atoms with Gasteiger partial charge in [0.2, 0.25) is 0 Å². The van der Waals surface area contributed by atoms with Crippen LogP contribution in [0, 0.1) is 16.9 Å². The summed E-state index contributed by atoms with van der Waals surface area (Å²) in [6.45, 7) is 12.6. The summed E-state index contributed by atoms with van der Waals surface area (Å²) in [6.07, 6.45) is 6.00. The van der Waals surface area contributed by atoms with Crippen LogP contribution in [0.3, 0.4) is 0 Å². The molecule has 2 heteroatoms. The molecule has 1 rings (SSSR count). The summed E-state index contributed by atoms with van der Waals surface area (Å²) in [5, 5.41) is 0. The Morgan fingerprint density at radius 3 is 2.65 bits per heavy atom. The minimum absolute atomic E-state index is 0.129. The van der Waals surface area contributed by atoms with Crippen molar-refractivity contribution in [2.24, 2.45) is 5.41 Å². The van der Waals surface area contributed by atoms with Crippen LogP contribution in [0.1, 0.15) is 26.2 Å². The van der Waals surface area contributed by atoms with Gasteiger partial charge in [-0.25, -0.2) is 0 Å². The van der Waals surface area contributed by atoms with Crippen molar-refractivity contribution >= 4 is 13.9 Å². The fourth-order valence-corrected chi connectivity index (χ4v) is 2.63. The molecule has 0 fully saturated rings. The molecule has 0 spiro atoms. The van der Waals surface area contributed by atoms with E-state index < -0.39 is 8.07 Å². The molecule has 0 amide bonds. The van der Waals surface area contributed by atoms with Gasteiger partial charge in [0.1, 0.15) is 8.07 Å². The maximum Gasteiger partial charge on any atom is 0.155 e. The van der Waals surface area contributed by atoms with Crippen LogP contribution in [-0.2, 0) is 4.79 Å². The van der Waals surface area contributed by atoms with Crippen LogP contribution in [0.2, 0.25) is 19.6 Å². The highest BCUT2D eigenvalue weighted by Crippen LogP contribution is 2.39. The first kappa shape index (κ1) is 14.0. The fraction of sp³-hybridized carbons (Fsp3) is 0.533. The zero-order valence-corrected chi connectivity index (χ0v) is 12.4. The zero-order valence-electron chi connectivity index (χ0n) is 11.4. The Labute approximate surface area is 106 Å². The second kappa shape index (κ2) is 5.06. The van der Waals surface area contributed by atoms with Gasteiger partial charge in [0.05, 0.1) is 5.41 Å². The Morgan fingerprint density at radius 2 is 2.18 bits per heavy atom. The highest BCUT2D eigenvalue weighted by atomic mass is 28.3. The van der Waals surface area contributed by atoms with Crippen LogP contribution in [-0.4, -0.2) is 13.9 Å². The largest absolute Gasteiger partial charge is 0.295 e. The summed E-state index contributed by atoms with van der Waals surface area (Å²) in [5.74, 6) is 3.70. The van der Waals surface area contributed by atoms with Crippen LogP contribution in [0.4, 0.5) is 0 Å². The van der Waals surface area contributed by atoms with Crippen LogP contribution in [0.15, 0.2) is 24.3 Å². The Hall–Kier alpha value is -1.07. The number of carbonyl (C=O) groups excluding carboxylic acids is 1. The van der Waals surface area contributed by atoms with E-state index in [1.54, 1.807) is 6.08 Å². The number of rotatable bonds is 2. The normalized spacial score (nSPS) is 24.7. The lowest BCUT2D eigenvalue weighted by Gasteiger charge is -2.32. The monoisotopic (exact) mass is 246 g/mol. The average molecular weight is 246 g/mol. The SMILES string of the molecule is C=CC[C@@]1(C#C[Si](C)(C)C)CCC(=O)C=C1C. The zero-order chi connectivity index (χ0) is 13.1. The van der Waals surface area contributed by atoms with Crippen molar-refractivity contribution in [2.75, 3.05) is 0 Å².